The Balaban J connectivity index is 2.21. The summed E-state index contributed by atoms with van der Waals surface area (Å²) in [6.45, 7) is 6.35. The van der Waals surface area contributed by atoms with E-state index in [1.807, 2.05) is 24.3 Å². The number of fused-ring (bicyclic) bond motifs is 1. The molecule has 1 aromatic carbocycles. The number of amides is 1. The molecule has 7 heteroatoms. The third kappa shape index (κ3) is 5.85. The second kappa shape index (κ2) is 9.73. The van der Waals surface area contributed by atoms with Crippen LogP contribution < -0.4 is 15.8 Å². The van der Waals surface area contributed by atoms with Gasteiger partial charge in [0.25, 0.3) is 5.56 Å². The molecule has 0 bridgehead atoms. The van der Waals surface area contributed by atoms with E-state index in [4.69, 9.17) is 0 Å². The molecule has 6 nitrogen and oxygen atoms in total. The van der Waals surface area contributed by atoms with E-state index in [1.165, 1.54) is 16.7 Å². The van der Waals surface area contributed by atoms with Gasteiger partial charge in [0.15, 0.2) is 5.16 Å². The fourth-order valence-electron chi connectivity index (χ4n) is 2.54. The van der Waals surface area contributed by atoms with Crippen LogP contribution in [0.4, 0.5) is 0 Å². The van der Waals surface area contributed by atoms with Crippen molar-refractivity contribution in [1.82, 2.24) is 14.9 Å². The molecule has 0 aliphatic carbocycles. The van der Waals surface area contributed by atoms with E-state index in [0.717, 1.165) is 13.0 Å². The average Bonchev–Trinajstić information content (AvgIpc) is 2.60. The van der Waals surface area contributed by atoms with Crippen LogP contribution in [0, 0.1) is 5.92 Å². The summed E-state index contributed by atoms with van der Waals surface area (Å²) in [4.78, 5) is 30.9. The average molecular weight is 378 g/mol. The van der Waals surface area contributed by atoms with Crippen molar-refractivity contribution in [2.75, 3.05) is 32.9 Å². The number of nitrogens with one attached hydrogen (secondary N) is 2. The summed E-state index contributed by atoms with van der Waals surface area (Å²) in [5.41, 5.74) is 0.645. The van der Waals surface area contributed by atoms with Gasteiger partial charge in [-0.3, -0.25) is 14.2 Å². The molecule has 0 radical (unpaired) electrons. The van der Waals surface area contributed by atoms with E-state index in [9.17, 15) is 9.59 Å². The van der Waals surface area contributed by atoms with Gasteiger partial charge in [0, 0.05) is 19.5 Å². The first-order valence-corrected chi connectivity index (χ1v) is 10.0. The predicted octanol–water partition coefficient (Wildman–Crippen LogP) is 0.795. The fraction of sp³-hybridized carbons (Fsp3) is 0.526. The van der Waals surface area contributed by atoms with Crippen molar-refractivity contribution < 1.29 is 9.69 Å². The molecular weight excluding hydrogens is 348 g/mol. The number of thioether (sulfide) groups is 1. The summed E-state index contributed by atoms with van der Waals surface area (Å²) in [6.07, 6.45) is 0.884. The van der Waals surface area contributed by atoms with Crippen molar-refractivity contribution >= 4 is 28.6 Å². The lowest BCUT2D eigenvalue weighted by atomic mass is 10.2. The number of hydrogen-bond acceptors (Lipinski definition) is 4. The smallest absolute Gasteiger partial charge is 0.262 e. The lowest BCUT2D eigenvalue weighted by Gasteiger charge is -2.14. The second-order valence-electron chi connectivity index (χ2n) is 7.17. The Morgan fingerprint density at radius 3 is 2.73 bits per heavy atom. The summed E-state index contributed by atoms with van der Waals surface area (Å²) < 4.78 is 1.71. The number of para-hydroxylation sites is 1. The van der Waals surface area contributed by atoms with Gasteiger partial charge in [-0.25, -0.2) is 4.98 Å². The number of carbonyl (C=O) groups is 1. The first-order chi connectivity index (χ1) is 12.4. The highest BCUT2D eigenvalue weighted by molar-refractivity contribution is 7.99. The van der Waals surface area contributed by atoms with Crippen molar-refractivity contribution in [3.63, 3.8) is 0 Å². The maximum absolute atomic E-state index is 12.9. The third-order valence-electron chi connectivity index (χ3n) is 3.92. The summed E-state index contributed by atoms with van der Waals surface area (Å²) >= 11 is 1.33. The number of carbonyl (C=O) groups excluding carboxylic acids is 1. The Hall–Kier alpha value is -1.86. The van der Waals surface area contributed by atoms with Crippen LogP contribution in [0.25, 0.3) is 10.9 Å². The Labute approximate surface area is 159 Å². The normalized spacial score (nSPS) is 11.5. The Morgan fingerprint density at radius 1 is 1.31 bits per heavy atom. The first kappa shape index (κ1) is 20.5. The largest absolute Gasteiger partial charge is 0.355 e. The Morgan fingerprint density at radius 2 is 2.04 bits per heavy atom. The lowest BCUT2D eigenvalue weighted by molar-refractivity contribution is -0.858. The van der Waals surface area contributed by atoms with Crippen molar-refractivity contribution in [2.24, 2.45) is 5.92 Å². The van der Waals surface area contributed by atoms with Crippen LogP contribution >= 0.6 is 11.8 Å². The monoisotopic (exact) mass is 377 g/mol. The zero-order valence-corrected chi connectivity index (χ0v) is 16.9. The van der Waals surface area contributed by atoms with Crippen LogP contribution in [-0.2, 0) is 11.3 Å². The fourth-order valence-corrected chi connectivity index (χ4v) is 3.40. The number of hydrogen-bond donors (Lipinski definition) is 2. The molecule has 0 atom stereocenters. The van der Waals surface area contributed by atoms with E-state index in [-0.39, 0.29) is 17.2 Å². The predicted molar refractivity (Wildman–Crippen MR) is 107 cm³/mol. The molecular formula is C19H29N4O2S+. The minimum atomic E-state index is -0.0329. The molecule has 0 saturated carbocycles. The van der Waals surface area contributed by atoms with Crippen LogP contribution in [0.15, 0.2) is 34.2 Å². The van der Waals surface area contributed by atoms with Gasteiger partial charge in [0.1, 0.15) is 0 Å². The van der Waals surface area contributed by atoms with Gasteiger partial charge >= 0.3 is 0 Å². The van der Waals surface area contributed by atoms with Crippen molar-refractivity contribution in [3.8, 4) is 0 Å². The highest BCUT2D eigenvalue weighted by Crippen LogP contribution is 2.17. The summed E-state index contributed by atoms with van der Waals surface area (Å²) in [6, 6.07) is 7.38. The van der Waals surface area contributed by atoms with Crippen LogP contribution in [0.5, 0.6) is 0 Å². The van der Waals surface area contributed by atoms with Gasteiger partial charge in [0.2, 0.25) is 5.91 Å². The van der Waals surface area contributed by atoms with Crippen molar-refractivity contribution in [3.05, 3.63) is 34.6 Å². The van der Waals surface area contributed by atoms with Crippen LogP contribution in [0.3, 0.4) is 0 Å². The molecule has 0 saturated heterocycles. The number of benzene rings is 1. The van der Waals surface area contributed by atoms with Gasteiger partial charge in [-0.2, -0.15) is 0 Å². The van der Waals surface area contributed by atoms with Crippen molar-refractivity contribution in [2.45, 2.75) is 32.0 Å². The molecule has 1 heterocycles. The highest BCUT2D eigenvalue weighted by Gasteiger charge is 2.13. The Kier molecular flexibility index (Phi) is 7.66. The molecule has 1 amide bonds. The quantitative estimate of drug-likeness (QED) is 0.501. The van der Waals surface area contributed by atoms with E-state index in [1.54, 1.807) is 4.57 Å². The van der Waals surface area contributed by atoms with Gasteiger partial charge in [0.05, 0.1) is 37.3 Å². The minimum Gasteiger partial charge on any atom is -0.355 e. The number of nitrogens with zero attached hydrogens (tertiary/aromatic N) is 2. The molecule has 26 heavy (non-hydrogen) atoms. The van der Waals surface area contributed by atoms with E-state index in [2.05, 4.69) is 38.2 Å². The van der Waals surface area contributed by atoms with Gasteiger partial charge in [-0.05, 0) is 18.1 Å². The van der Waals surface area contributed by atoms with E-state index in [0.29, 0.717) is 35.1 Å². The summed E-state index contributed by atoms with van der Waals surface area (Å²) in [5.74, 6) is 0.640. The van der Waals surface area contributed by atoms with Crippen LogP contribution in [-0.4, -0.2) is 48.4 Å². The minimum absolute atomic E-state index is 0.0320. The topological polar surface area (TPSA) is 68.4 Å². The van der Waals surface area contributed by atoms with Gasteiger partial charge < -0.3 is 10.2 Å². The Bertz CT molecular complexity index is 802. The van der Waals surface area contributed by atoms with Gasteiger partial charge in [-0.15, -0.1) is 0 Å². The van der Waals surface area contributed by atoms with E-state index >= 15 is 0 Å². The zero-order valence-electron chi connectivity index (χ0n) is 16.0. The molecule has 0 aliphatic rings. The molecule has 0 fully saturated rings. The number of rotatable bonds is 9. The molecule has 0 unspecified atom stereocenters. The molecule has 1 aromatic heterocycles. The second-order valence-corrected chi connectivity index (χ2v) is 8.11. The van der Waals surface area contributed by atoms with Gasteiger partial charge in [-0.1, -0.05) is 37.7 Å². The van der Waals surface area contributed by atoms with Crippen LogP contribution in [0.2, 0.25) is 0 Å². The van der Waals surface area contributed by atoms with Crippen LogP contribution in [0.1, 0.15) is 20.3 Å². The maximum atomic E-state index is 12.9. The highest BCUT2D eigenvalue weighted by atomic mass is 32.2. The molecule has 2 N–H and O–H groups in total. The molecule has 2 aromatic rings. The maximum Gasteiger partial charge on any atom is 0.262 e. The summed E-state index contributed by atoms with van der Waals surface area (Å²) in [5, 5.41) is 4.14. The van der Waals surface area contributed by atoms with E-state index < -0.39 is 0 Å². The molecule has 0 aliphatic heterocycles. The summed E-state index contributed by atoms with van der Waals surface area (Å²) in [7, 11) is 4.19. The number of quaternary nitrogens is 1. The lowest BCUT2D eigenvalue weighted by Crippen LogP contribution is -3.05. The number of aromatic nitrogens is 2. The molecule has 142 valence electrons. The van der Waals surface area contributed by atoms with Crippen molar-refractivity contribution in [1.29, 1.82) is 0 Å². The third-order valence-corrected chi connectivity index (χ3v) is 4.90. The first-order valence-electron chi connectivity index (χ1n) is 9.06. The standard InChI is InChI=1S/C19H28N4O2S/c1-14(2)12-20-17(24)13-26-19-21-16-9-6-5-8-15(16)18(25)23(19)11-7-10-22(3)4/h5-6,8-9,14H,7,10-13H2,1-4H3,(H,20,24)/p+1. The zero-order chi connectivity index (χ0) is 19.1. The molecule has 0 spiro atoms. The SMILES string of the molecule is CC(C)CNC(=O)CSc1nc2ccccc2c(=O)n1CCC[NH+](C)C. The molecule has 2 rings (SSSR count).